The number of rotatable bonds is 8. The zero-order valence-corrected chi connectivity index (χ0v) is 17.3. The first-order valence-corrected chi connectivity index (χ1v) is 9.59. The van der Waals surface area contributed by atoms with Crippen molar-refractivity contribution in [3.63, 3.8) is 0 Å². The number of furan rings is 1. The maximum absolute atomic E-state index is 11.9. The number of nitrogens with zero attached hydrogens (tertiary/aromatic N) is 1. The minimum absolute atomic E-state index is 0.0691. The molecule has 0 aliphatic rings. The fourth-order valence-electron chi connectivity index (χ4n) is 2.67. The summed E-state index contributed by atoms with van der Waals surface area (Å²) in [6, 6.07) is 14.8. The molecule has 29 heavy (non-hydrogen) atoms. The topological polar surface area (TPSA) is 81.7 Å². The molecule has 0 radical (unpaired) electrons. The van der Waals surface area contributed by atoms with Crippen LogP contribution in [0.3, 0.4) is 0 Å². The van der Waals surface area contributed by atoms with Gasteiger partial charge in [-0.1, -0.05) is 22.0 Å². The molecule has 1 heterocycles. The van der Waals surface area contributed by atoms with Gasteiger partial charge >= 0.3 is 5.97 Å². The zero-order valence-electron chi connectivity index (χ0n) is 15.7. The number of fused-ring (bicyclic) bond motifs is 1. The largest absolute Gasteiger partial charge is 0.493 e. The number of halogens is 1. The van der Waals surface area contributed by atoms with E-state index in [4.69, 9.17) is 23.9 Å². The van der Waals surface area contributed by atoms with E-state index < -0.39 is 5.97 Å². The summed E-state index contributed by atoms with van der Waals surface area (Å²) in [6.07, 6.45) is 3.46. The Hall–Kier alpha value is -3.24. The van der Waals surface area contributed by atoms with Crippen LogP contribution in [-0.2, 0) is 16.0 Å². The first-order chi connectivity index (χ1) is 14.1. The lowest BCUT2D eigenvalue weighted by atomic mass is 10.2. The van der Waals surface area contributed by atoms with Crippen LogP contribution in [-0.4, -0.2) is 26.3 Å². The van der Waals surface area contributed by atoms with Gasteiger partial charge in [0.25, 0.3) is 0 Å². The Morgan fingerprint density at radius 3 is 2.86 bits per heavy atom. The van der Waals surface area contributed by atoms with Crippen LogP contribution in [0.1, 0.15) is 11.3 Å². The predicted octanol–water partition coefficient (Wildman–Crippen LogP) is 4.91. The highest BCUT2D eigenvalue weighted by Crippen LogP contribution is 2.28. The number of carbonyl (C=O) groups excluding carboxylic acids is 1. The second-order valence-corrected chi connectivity index (χ2v) is 6.92. The van der Waals surface area contributed by atoms with Crippen LogP contribution >= 0.6 is 15.9 Å². The molecule has 6 nitrogen and oxygen atoms in total. The molecular formula is C22H18BrNO5. The molecule has 0 aliphatic heterocycles. The van der Waals surface area contributed by atoms with E-state index in [1.54, 1.807) is 24.3 Å². The van der Waals surface area contributed by atoms with Gasteiger partial charge in [-0.05, 0) is 48.0 Å². The summed E-state index contributed by atoms with van der Waals surface area (Å²) in [7, 11) is 1.51. The smallest absolute Gasteiger partial charge is 0.330 e. The summed E-state index contributed by atoms with van der Waals surface area (Å²) in [4.78, 5) is 11.9. The molecule has 0 spiro atoms. The molecule has 0 N–H and O–H groups in total. The summed E-state index contributed by atoms with van der Waals surface area (Å²) in [5, 5.41) is 9.59. The first-order valence-electron chi connectivity index (χ1n) is 8.79. The number of ether oxygens (including phenoxy) is 3. The Labute approximate surface area is 176 Å². The predicted molar refractivity (Wildman–Crippen MR) is 112 cm³/mol. The van der Waals surface area contributed by atoms with E-state index in [2.05, 4.69) is 15.9 Å². The molecule has 0 bridgehead atoms. The van der Waals surface area contributed by atoms with E-state index in [1.165, 1.54) is 13.2 Å². The highest BCUT2D eigenvalue weighted by molar-refractivity contribution is 9.10. The lowest BCUT2D eigenvalue weighted by Crippen LogP contribution is -2.04. The van der Waals surface area contributed by atoms with E-state index in [0.717, 1.165) is 26.8 Å². The second-order valence-electron chi connectivity index (χ2n) is 6.00. The molecule has 0 atom stereocenters. The number of methoxy groups -OCH3 is 1. The normalized spacial score (nSPS) is 10.8. The molecule has 2 aromatic carbocycles. The highest BCUT2D eigenvalue weighted by Gasteiger charge is 2.07. The molecule has 148 valence electrons. The van der Waals surface area contributed by atoms with Crippen molar-refractivity contribution < 1.29 is 23.4 Å². The van der Waals surface area contributed by atoms with Gasteiger partial charge in [-0.25, -0.2) is 4.79 Å². The molecular weight excluding hydrogens is 438 g/mol. The third-order valence-corrected chi connectivity index (χ3v) is 4.51. The number of hydrogen-bond acceptors (Lipinski definition) is 6. The van der Waals surface area contributed by atoms with Gasteiger partial charge in [0.05, 0.1) is 13.7 Å². The van der Waals surface area contributed by atoms with E-state index in [0.29, 0.717) is 17.9 Å². The van der Waals surface area contributed by atoms with Gasteiger partial charge in [0.1, 0.15) is 17.4 Å². The summed E-state index contributed by atoms with van der Waals surface area (Å²) in [6.45, 7) is 0.148. The molecule has 0 aliphatic carbocycles. The SMILES string of the molecule is COc1cc(/C=C/C(=O)OCCc2cc3cc(Br)ccc3o2)ccc1OCC#N. The maximum Gasteiger partial charge on any atom is 0.330 e. The van der Waals surface area contributed by atoms with Crippen molar-refractivity contribution in [2.45, 2.75) is 6.42 Å². The summed E-state index contributed by atoms with van der Waals surface area (Å²) >= 11 is 3.43. The molecule has 3 rings (SSSR count). The van der Waals surface area contributed by atoms with Crippen molar-refractivity contribution in [2.75, 3.05) is 20.3 Å². The zero-order chi connectivity index (χ0) is 20.6. The van der Waals surface area contributed by atoms with Crippen LogP contribution < -0.4 is 9.47 Å². The van der Waals surface area contributed by atoms with Gasteiger partial charge < -0.3 is 18.6 Å². The Bertz CT molecular complexity index is 1080. The minimum atomic E-state index is -0.451. The molecule has 1 aromatic heterocycles. The lowest BCUT2D eigenvalue weighted by Gasteiger charge is -2.08. The van der Waals surface area contributed by atoms with E-state index in [1.807, 2.05) is 30.3 Å². The molecule has 0 amide bonds. The van der Waals surface area contributed by atoms with E-state index >= 15 is 0 Å². The molecule has 3 aromatic rings. The standard InChI is InChI=1S/C22H18BrNO5/c1-26-21-12-15(2-5-20(21)27-11-9-24)3-7-22(25)28-10-8-18-14-16-13-17(23)4-6-19(16)29-18/h2-7,12-14H,8,10-11H2,1H3/b7-3+. The van der Waals surface area contributed by atoms with Crippen LogP contribution in [0.4, 0.5) is 0 Å². The van der Waals surface area contributed by atoms with Gasteiger partial charge in [-0.2, -0.15) is 5.26 Å². The number of esters is 1. The fourth-order valence-corrected chi connectivity index (χ4v) is 3.05. The van der Waals surface area contributed by atoms with Crippen molar-refractivity contribution in [1.29, 1.82) is 5.26 Å². The van der Waals surface area contributed by atoms with Crippen LogP contribution in [0.25, 0.3) is 17.0 Å². The van der Waals surface area contributed by atoms with Crippen molar-refractivity contribution in [3.05, 3.63) is 64.3 Å². The molecule has 0 fully saturated rings. The minimum Gasteiger partial charge on any atom is -0.493 e. The van der Waals surface area contributed by atoms with Gasteiger partial charge in [-0.3, -0.25) is 0 Å². The third-order valence-electron chi connectivity index (χ3n) is 4.01. The average Bonchev–Trinajstić information content (AvgIpc) is 3.12. The van der Waals surface area contributed by atoms with Crippen molar-refractivity contribution >= 4 is 38.9 Å². The van der Waals surface area contributed by atoms with Crippen LogP contribution in [0.2, 0.25) is 0 Å². The van der Waals surface area contributed by atoms with Crippen LogP contribution in [0, 0.1) is 11.3 Å². The van der Waals surface area contributed by atoms with Crippen LogP contribution in [0.5, 0.6) is 11.5 Å². The molecule has 0 saturated heterocycles. The summed E-state index contributed by atoms with van der Waals surface area (Å²) in [5.41, 5.74) is 1.54. The first kappa shape index (κ1) is 20.5. The summed E-state index contributed by atoms with van der Waals surface area (Å²) in [5.74, 6) is 1.25. The van der Waals surface area contributed by atoms with E-state index in [9.17, 15) is 4.79 Å². The number of nitriles is 1. The molecule has 0 saturated carbocycles. The number of benzene rings is 2. The quantitative estimate of drug-likeness (QED) is 0.354. The molecule has 7 heteroatoms. The lowest BCUT2D eigenvalue weighted by molar-refractivity contribution is -0.137. The van der Waals surface area contributed by atoms with Gasteiger partial charge in [0.2, 0.25) is 0 Å². The number of carbonyl (C=O) groups is 1. The van der Waals surface area contributed by atoms with Crippen molar-refractivity contribution in [3.8, 4) is 17.6 Å². The monoisotopic (exact) mass is 455 g/mol. The second kappa shape index (κ2) is 9.80. The molecule has 0 unspecified atom stereocenters. The van der Waals surface area contributed by atoms with Crippen molar-refractivity contribution in [2.24, 2.45) is 0 Å². The fraction of sp³-hybridized carbons (Fsp3) is 0.182. The third kappa shape index (κ3) is 5.62. The Kier molecular flexibility index (Phi) is 6.93. The Morgan fingerprint density at radius 2 is 2.07 bits per heavy atom. The van der Waals surface area contributed by atoms with Gasteiger partial charge in [-0.15, -0.1) is 0 Å². The number of hydrogen-bond donors (Lipinski definition) is 0. The van der Waals surface area contributed by atoms with Crippen LogP contribution in [0.15, 0.2) is 57.4 Å². The van der Waals surface area contributed by atoms with Gasteiger partial charge in [0.15, 0.2) is 18.1 Å². The highest BCUT2D eigenvalue weighted by atomic mass is 79.9. The van der Waals surface area contributed by atoms with Crippen molar-refractivity contribution in [1.82, 2.24) is 0 Å². The maximum atomic E-state index is 11.9. The van der Waals surface area contributed by atoms with E-state index in [-0.39, 0.29) is 13.2 Å². The Balaban J connectivity index is 1.53. The average molecular weight is 456 g/mol. The summed E-state index contributed by atoms with van der Waals surface area (Å²) < 4.78 is 22.4. The Morgan fingerprint density at radius 1 is 1.21 bits per heavy atom. The van der Waals surface area contributed by atoms with Gasteiger partial charge in [0, 0.05) is 22.4 Å².